The lowest BCUT2D eigenvalue weighted by Crippen LogP contribution is -2.48. The molecule has 1 fully saturated rings. The van der Waals surface area contributed by atoms with Gasteiger partial charge in [0, 0.05) is 43.4 Å². The lowest BCUT2D eigenvalue weighted by Gasteiger charge is -2.34. The Morgan fingerprint density at radius 3 is 2.46 bits per heavy atom. The van der Waals surface area contributed by atoms with Crippen molar-refractivity contribution in [2.45, 2.75) is 6.54 Å². The molecule has 26 heavy (non-hydrogen) atoms. The zero-order valence-electron chi connectivity index (χ0n) is 14.2. The molecule has 1 heterocycles. The van der Waals surface area contributed by atoms with E-state index >= 15 is 0 Å². The first kappa shape index (κ1) is 19.1. The standard InChI is InChI=1S/C19H20Cl2FN3O/c20-15-3-1-2-14(10-15)12-24-6-8-25(9-7-24)13-19(26)23-16-4-5-18(22)17(21)11-16/h1-5,10-11H,6-9,12-13H2,(H,23,26). The Balaban J connectivity index is 1.44. The van der Waals surface area contributed by atoms with Crippen LogP contribution in [0.5, 0.6) is 0 Å². The highest BCUT2D eigenvalue weighted by Crippen LogP contribution is 2.19. The van der Waals surface area contributed by atoms with Crippen LogP contribution in [0.1, 0.15) is 5.56 Å². The minimum atomic E-state index is -0.500. The Kier molecular flexibility index (Phi) is 6.48. The molecule has 3 rings (SSSR count). The Morgan fingerprint density at radius 1 is 1.04 bits per heavy atom. The summed E-state index contributed by atoms with van der Waals surface area (Å²) in [4.78, 5) is 16.6. The van der Waals surface area contributed by atoms with Gasteiger partial charge in [0.1, 0.15) is 5.82 Å². The average Bonchev–Trinajstić information content (AvgIpc) is 2.60. The molecular formula is C19H20Cl2FN3O. The van der Waals surface area contributed by atoms with Gasteiger partial charge in [0.2, 0.25) is 5.91 Å². The van der Waals surface area contributed by atoms with Crippen LogP contribution in [0, 0.1) is 5.82 Å². The van der Waals surface area contributed by atoms with E-state index in [9.17, 15) is 9.18 Å². The molecule has 7 heteroatoms. The van der Waals surface area contributed by atoms with Gasteiger partial charge >= 0.3 is 0 Å². The molecular weight excluding hydrogens is 376 g/mol. The van der Waals surface area contributed by atoms with Crippen molar-refractivity contribution in [3.8, 4) is 0 Å². The molecule has 0 aliphatic carbocycles. The quantitative estimate of drug-likeness (QED) is 0.833. The van der Waals surface area contributed by atoms with Crippen LogP contribution in [-0.2, 0) is 11.3 Å². The fourth-order valence-corrected chi connectivity index (χ4v) is 3.37. The average molecular weight is 396 g/mol. The Hall–Kier alpha value is -1.66. The minimum Gasteiger partial charge on any atom is -0.325 e. The number of carbonyl (C=O) groups excluding carboxylic acids is 1. The summed E-state index contributed by atoms with van der Waals surface area (Å²) in [6.45, 7) is 4.58. The third-order valence-corrected chi connectivity index (χ3v) is 4.86. The van der Waals surface area contributed by atoms with Crippen LogP contribution < -0.4 is 5.32 Å². The van der Waals surface area contributed by atoms with Gasteiger partial charge in [-0.25, -0.2) is 4.39 Å². The van der Waals surface area contributed by atoms with Crippen molar-refractivity contribution in [3.63, 3.8) is 0 Å². The molecule has 2 aromatic rings. The number of halogens is 3. The zero-order valence-corrected chi connectivity index (χ0v) is 15.7. The fourth-order valence-electron chi connectivity index (χ4n) is 2.98. The van der Waals surface area contributed by atoms with Crippen molar-refractivity contribution in [1.29, 1.82) is 0 Å². The maximum atomic E-state index is 13.2. The second-order valence-corrected chi connectivity index (χ2v) is 7.20. The summed E-state index contributed by atoms with van der Waals surface area (Å²) < 4.78 is 13.2. The lowest BCUT2D eigenvalue weighted by molar-refractivity contribution is -0.117. The van der Waals surface area contributed by atoms with Gasteiger partial charge in [-0.2, -0.15) is 0 Å². The van der Waals surface area contributed by atoms with Gasteiger partial charge in [0.05, 0.1) is 11.6 Å². The van der Waals surface area contributed by atoms with Gasteiger partial charge in [0.15, 0.2) is 0 Å². The molecule has 0 atom stereocenters. The Bertz CT molecular complexity index is 779. The first-order valence-corrected chi connectivity index (χ1v) is 9.19. The second kappa shape index (κ2) is 8.82. The molecule has 1 aliphatic heterocycles. The summed E-state index contributed by atoms with van der Waals surface area (Å²) in [5, 5.41) is 3.50. The highest BCUT2D eigenvalue weighted by atomic mass is 35.5. The first-order chi connectivity index (χ1) is 12.5. The molecule has 0 aromatic heterocycles. The first-order valence-electron chi connectivity index (χ1n) is 8.43. The maximum absolute atomic E-state index is 13.2. The molecule has 138 valence electrons. The molecule has 2 aromatic carbocycles. The highest BCUT2D eigenvalue weighted by Gasteiger charge is 2.19. The van der Waals surface area contributed by atoms with Gasteiger partial charge in [-0.05, 0) is 35.9 Å². The summed E-state index contributed by atoms with van der Waals surface area (Å²) in [5.74, 6) is -0.628. The van der Waals surface area contributed by atoms with E-state index in [4.69, 9.17) is 23.2 Å². The van der Waals surface area contributed by atoms with E-state index in [1.165, 1.54) is 23.8 Å². The van der Waals surface area contributed by atoms with E-state index in [0.29, 0.717) is 12.2 Å². The Labute approximate surface area is 162 Å². The number of nitrogens with zero attached hydrogens (tertiary/aromatic N) is 2. The molecule has 1 N–H and O–H groups in total. The van der Waals surface area contributed by atoms with E-state index in [2.05, 4.69) is 21.2 Å². The molecule has 1 saturated heterocycles. The van der Waals surface area contributed by atoms with Crippen molar-refractivity contribution >= 4 is 34.8 Å². The van der Waals surface area contributed by atoms with Crippen molar-refractivity contribution in [2.75, 3.05) is 38.0 Å². The third kappa shape index (κ3) is 5.42. The van der Waals surface area contributed by atoms with Gasteiger partial charge in [-0.3, -0.25) is 14.6 Å². The molecule has 0 bridgehead atoms. The van der Waals surface area contributed by atoms with E-state index in [1.807, 2.05) is 18.2 Å². The van der Waals surface area contributed by atoms with Crippen LogP contribution in [0.4, 0.5) is 10.1 Å². The van der Waals surface area contributed by atoms with Crippen molar-refractivity contribution in [1.82, 2.24) is 9.80 Å². The predicted octanol–water partition coefficient (Wildman–Crippen LogP) is 3.89. The van der Waals surface area contributed by atoms with Crippen LogP contribution in [0.3, 0.4) is 0 Å². The van der Waals surface area contributed by atoms with Gasteiger partial charge in [-0.15, -0.1) is 0 Å². The topological polar surface area (TPSA) is 35.6 Å². The SMILES string of the molecule is O=C(CN1CCN(Cc2cccc(Cl)c2)CC1)Nc1ccc(F)c(Cl)c1. The molecule has 0 radical (unpaired) electrons. The smallest absolute Gasteiger partial charge is 0.238 e. The Morgan fingerprint density at radius 2 is 1.77 bits per heavy atom. The largest absolute Gasteiger partial charge is 0.325 e. The normalized spacial score (nSPS) is 15.8. The molecule has 1 aliphatic rings. The van der Waals surface area contributed by atoms with E-state index in [-0.39, 0.29) is 10.9 Å². The number of hydrogen-bond donors (Lipinski definition) is 1. The lowest BCUT2D eigenvalue weighted by atomic mass is 10.2. The van der Waals surface area contributed by atoms with Crippen molar-refractivity contribution in [2.24, 2.45) is 0 Å². The second-order valence-electron chi connectivity index (χ2n) is 6.36. The van der Waals surface area contributed by atoms with Crippen LogP contribution in [0.2, 0.25) is 10.0 Å². The zero-order chi connectivity index (χ0) is 18.5. The molecule has 0 saturated carbocycles. The van der Waals surface area contributed by atoms with Crippen LogP contribution in [-0.4, -0.2) is 48.4 Å². The van der Waals surface area contributed by atoms with Crippen molar-refractivity contribution in [3.05, 3.63) is 63.9 Å². The highest BCUT2D eigenvalue weighted by molar-refractivity contribution is 6.31. The number of rotatable bonds is 5. The maximum Gasteiger partial charge on any atom is 0.238 e. The summed E-state index contributed by atoms with van der Waals surface area (Å²) in [7, 11) is 0. The molecule has 0 spiro atoms. The van der Waals surface area contributed by atoms with Crippen LogP contribution in [0.15, 0.2) is 42.5 Å². The summed E-state index contributed by atoms with van der Waals surface area (Å²) in [5.41, 5.74) is 1.69. The molecule has 0 unspecified atom stereocenters. The number of hydrogen-bond acceptors (Lipinski definition) is 3. The van der Waals surface area contributed by atoms with E-state index in [1.54, 1.807) is 0 Å². The monoisotopic (exact) mass is 395 g/mol. The van der Waals surface area contributed by atoms with E-state index < -0.39 is 5.82 Å². The number of benzene rings is 2. The minimum absolute atomic E-state index is 0.00238. The summed E-state index contributed by atoms with van der Waals surface area (Å²) in [6.07, 6.45) is 0. The molecule has 1 amide bonds. The number of anilines is 1. The number of amides is 1. The number of piperazine rings is 1. The van der Waals surface area contributed by atoms with Gasteiger partial charge in [0.25, 0.3) is 0 Å². The van der Waals surface area contributed by atoms with Crippen LogP contribution >= 0.6 is 23.2 Å². The summed E-state index contributed by atoms with van der Waals surface area (Å²) in [6, 6.07) is 12.0. The van der Waals surface area contributed by atoms with Crippen LogP contribution in [0.25, 0.3) is 0 Å². The van der Waals surface area contributed by atoms with E-state index in [0.717, 1.165) is 37.7 Å². The summed E-state index contributed by atoms with van der Waals surface area (Å²) >= 11 is 11.8. The fraction of sp³-hybridized carbons (Fsp3) is 0.316. The van der Waals surface area contributed by atoms with Crippen molar-refractivity contribution < 1.29 is 9.18 Å². The van der Waals surface area contributed by atoms with Gasteiger partial charge < -0.3 is 5.32 Å². The predicted molar refractivity (Wildman–Crippen MR) is 103 cm³/mol. The third-order valence-electron chi connectivity index (χ3n) is 4.33. The number of carbonyl (C=O) groups is 1. The molecule has 4 nitrogen and oxygen atoms in total. The number of nitrogens with one attached hydrogen (secondary N) is 1. The van der Waals surface area contributed by atoms with Gasteiger partial charge in [-0.1, -0.05) is 35.3 Å².